The van der Waals surface area contributed by atoms with Crippen molar-refractivity contribution in [3.05, 3.63) is 0 Å². The molecule has 0 radical (unpaired) electrons. The minimum absolute atomic E-state index is 0.0312. The van der Waals surface area contributed by atoms with Crippen LogP contribution in [0.25, 0.3) is 0 Å². The van der Waals surface area contributed by atoms with Crippen LogP contribution in [0, 0.1) is 0 Å². The summed E-state index contributed by atoms with van der Waals surface area (Å²) in [6.07, 6.45) is 3.62. The zero-order valence-corrected chi connectivity index (χ0v) is 6.38. The molecule has 0 spiro atoms. The number of nitrogens with two attached hydrogens (primary N) is 1. The molecule has 1 rings (SSSR count). The zero-order valence-electron chi connectivity index (χ0n) is 6.38. The first-order valence-electron chi connectivity index (χ1n) is 3.78. The smallest absolute Gasteiger partial charge is 0.306 e. The molecule has 4 nitrogen and oxygen atoms in total. The van der Waals surface area contributed by atoms with Crippen LogP contribution in [0.5, 0.6) is 0 Å². The molecular weight excluding hydrogens is 146 g/mol. The normalized spacial score (nSPS) is 21.9. The van der Waals surface area contributed by atoms with E-state index in [0.717, 1.165) is 25.7 Å². The van der Waals surface area contributed by atoms with Gasteiger partial charge in [-0.25, -0.2) is 5.90 Å². The Kier molecular flexibility index (Phi) is 2.46. The Morgan fingerprint density at radius 2 is 2.09 bits per heavy atom. The van der Waals surface area contributed by atoms with Crippen LogP contribution in [0.3, 0.4) is 0 Å². The number of rotatable bonds is 3. The van der Waals surface area contributed by atoms with E-state index in [2.05, 4.69) is 0 Å². The van der Waals surface area contributed by atoms with Crippen LogP contribution >= 0.6 is 0 Å². The summed E-state index contributed by atoms with van der Waals surface area (Å²) in [5, 5.41) is 8.53. The molecule has 0 atom stereocenters. The molecule has 0 heterocycles. The van der Waals surface area contributed by atoms with Crippen LogP contribution in [0.15, 0.2) is 0 Å². The third-order valence-electron chi connectivity index (χ3n) is 2.24. The quantitative estimate of drug-likeness (QED) is 0.593. The van der Waals surface area contributed by atoms with Crippen molar-refractivity contribution in [2.24, 2.45) is 5.90 Å². The van der Waals surface area contributed by atoms with E-state index in [1.165, 1.54) is 0 Å². The summed E-state index contributed by atoms with van der Waals surface area (Å²) in [6.45, 7) is 0. The van der Waals surface area contributed by atoms with Crippen molar-refractivity contribution in [3.8, 4) is 0 Å². The number of aliphatic carboxylic acids is 1. The molecule has 0 aromatic carbocycles. The first kappa shape index (κ1) is 8.49. The fourth-order valence-corrected chi connectivity index (χ4v) is 1.63. The van der Waals surface area contributed by atoms with Gasteiger partial charge in [0.15, 0.2) is 0 Å². The minimum atomic E-state index is -0.836. The summed E-state index contributed by atoms with van der Waals surface area (Å²) in [4.78, 5) is 15.1. The third-order valence-corrected chi connectivity index (χ3v) is 2.24. The molecule has 0 amide bonds. The van der Waals surface area contributed by atoms with Gasteiger partial charge in [0, 0.05) is 0 Å². The lowest BCUT2D eigenvalue weighted by atomic mass is 9.98. The molecular formula is C7H13NO3. The summed E-state index contributed by atoms with van der Waals surface area (Å²) in [6, 6.07) is 0. The van der Waals surface area contributed by atoms with E-state index in [9.17, 15) is 4.79 Å². The highest BCUT2D eigenvalue weighted by molar-refractivity contribution is 5.68. The van der Waals surface area contributed by atoms with Gasteiger partial charge in [0.25, 0.3) is 0 Å². The van der Waals surface area contributed by atoms with Crippen LogP contribution in [-0.4, -0.2) is 16.7 Å². The number of carbonyl (C=O) groups is 1. The van der Waals surface area contributed by atoms with Crippen LogP contribution in [0.4, 0.5) is 0 Å². The lowest BCUT2D eigenvalue weighted by molar-refractivity contribution is -0.146. The largest absolute Gasteiger partial charge is 0.481 e. The number of carboxylic acid groups (broad SMARTS) is 1. The monoisotopic (exact) mass is 159 g/mol. The van der Waals surface area contributed by atoms with Crippen molar-refractivity contribution in [1.82, 2.24) is 0 Å². The molecule has 0 aromatic heterocycles. The molecule has 0 aromatic rings. The number of hydrogen-bond donors (Lipinski definition) is 2. The molecule has 0 unspecified atom stereocenters. The highest BCUT2D eigenvalue weighted by Crippen LogP contribution is 2.34. The Balaban J connectivity index is 2.52. The Hall–Kier alpha value is -0.610. The first-order chi connectivity index (χ1) is 5.18. The average Bonchev–Trinajstić information content (AvgIpc) is 2.36. The summed E-state index contributed by atoms with van der Waals surface area (Å²) in [5.41, 5.74) is -0.564. The van der Waals surface area contributed by atoms with E-state index in [-0.39, 0.29) is 6.42 Å². The van der Waals surface area contributed by atoms with Crippen molar-refractivity contribution >= 4 is 5.97 Å². The molecule has 1 fully saturated rings. The lowest BCUT2D eigenvalue weighted by Gasteiger charge is -2.23. The fraction of sp³-hybridized carbons (Fsp3) is 0.857. The SMILES string of the molecule is NOC1(CC(=O)O)CCCC1. The van der Waals surface area contributed by atoms with E-state index < -0.39 is 11.6 Å². The van der Waals surface area contributed by atoms with Crippen LogP contribution in [0.2, 0.25) is 0 Å². The second kappa shape index (κ2) is 3.19. The summed E-state index contributed by atoms with van der Waals surface area (Å²) in [5.74, 6) is 4.22. The van der Waals surface area contributed by atoms with Crippen molar-refractivity contribution in [1.29, 1.82) is 0 Å². The Labute approximate surface area is 65.3 Å². The van der Waals surface area contributed by atoms with Gasteiger partial charge in [-0.15, -0.1) is 0 Å². The van der Waals surface area contributed by atoms with E-state index >= 15 is 0 Å². The topological polar surface area (TPSA) is 72.5 Å². The van der Waals surface area contributed by atoms with Gasteiger partial charge in [0.05, 0.1) is 12.0 Å². The van der Waals surface area contributed by atoms with Crippen molar-refractivity contribution in [3.63, 3.8) is 0 Å². The molecule has 64 valence electrons. The first-order valence-corrected chi connectivity index (χ1v) is 3.78. The van der Waals surface area contributed by atoms with E-state index in [0.29, 0.717) is 0 Å². The average molecular weight is 159 g/mol. The van der Waals surface area contributed by atoms with Gasteiger partial charge >= 0.3 is 5.97 Å². The molecule has 0 bridgehead atoms. The number of carboxylic acids is 1. The third kappa shape index (κ3) is 1.91. The maximum Gasteiger partial charge on any atom is 0.306 e. The number of hydrogen-bond acceptors (Lipinski definition) is 3. The Morgan fingerprint density at radius 1 is 1.55 bits per heavy atom. The van der Waals surface area contributed by atoms with Gasteiger partial charge in [-0.05, 0) is 12.8 Å². The van der Waals surface area contributed by atoms with Gasteiger partial charge in [0.1, 0.15) is 0 Å². The second-order valence-corrected chi connectivity index (χ2v) is 3.08. The minimum Gasteiger partial charge on any atom is -0.481 e. The molecule has 1 saturated carbocycles. The maximum atomic E-state index is 10.4. The van der Waals surface area contributed by atoms with Gasteiger partial charge in [-0.1, -0.05) is 12.8 Å². The second-order valence-electron chi connectivity index (χ2n) is 3.08. The van der Waals surface area contributed by atoms with E-state index in [4.69, 9.17) is 15.8 Å². The van der Waals surface area contributed by atoms with Crippen molar-refractivity contribution in [2.45, 2.75) is 37.7 Å². The molecule has 0 aliphatic heterocycles. The maximum absolute atomic E-state index is 10.4. The lowest BCUT2D eigenvalue weighted by Crippen LogP contribution is -2.34. The molecule has 1 aliphatic rings. The standard InChI is InChI=1S/C7H13NO3/c8-11-7(5-6(9)10)3-1-2-4-7/h1-5,8H2,(H,9,10). The predicted molar refractivity (Wildman–Crippen MR) is 38.7 cm³/mol. The molecule has 4 heteroatoms. The van der Waals surface area contributed by atoms with Gasteiger partial charge in [-0.3, -0.25) is 9.63 Å². The van der Waals surface area contributed by atoms with Gasteiger partial charge < -0.3 is 5.11 Å². The fourth-order valence-electron chi connectivity index (χ4n) is 1.63. The van der Waals surface area contributed by atoms with Crippen LogP contribution < -0.4 is 5.90 Å². The summed E-state index contributed by atoms with van der Waals surface area (Å²) < 4.78 is 0. The summed E-state index contributed by atoms with van der Waals surface area (Å²) in [7, 11) is 0. The van der Waals surface area contributed by atoms with Crippen LogP contribution in [-0.2, 0) is 9.63 Å². The molecule has 3 N–H and O–H groups in total. The zero-order chi connectivity index (χ0) is 8.32. The van der Waals surface area contributed by atoms with E-state index in [1.54, 1.807) is 0 Å². The van der Waals surface area contributed by atoms with Crippen molar-refractivity contribution in [2.75, 3.05) is 0 Å². The van der Waals surface area contributed by atoms with Gasteiger partial charge in [0.2, 0.25) is 0 Å². The predicted octanol–water partition coefficient (Wildman–Crippen LogP) is 0.664. The molecule has 0 saturated heterocycles. The Bertz CT molecular complexity index is 152. The van der Waals surface area contributed by atoms with Gasteiger partial charge in [-0.2, -0.15) is 0 Å². The molecule has 11 heavy (non-hydrogen) atoms. The van der Waals surface area contributed by atoms with E-state index in [1.807, 2.05) is 0 Å². The highest BCUT2D eigenvalue weighted by atomic mass is 16.6. The van der Waals surface area contributed by atoms with Crippen LogP contribution in [0.1, 0.15) is 32.1 Å². The molecule has 1 aliphatic carbocycles. The highest BCUT2D eigenvalue weighted by Gasteiger charge is 2.36. The van der Waals surface area contributed by atoms with Crippen molar-refractivity contribution < 1.29 is 14.7 Å². The Morgan fingerprint density at radius 3 is 2.45 bits per heavy atom. The summed E-state index contributed by atoms with van der Waals surface area (Å²) >= 11 is 0.